The normalized spacial score (nSPS) is 14.5. The molecular formula is C17H26N4O2S. The largest absolute Gasteiger partial charge is 0.466 e. The fourth-order valence-electron chi connectivity index (χ4n) is 2.48. The summed E-state index contributed by atoms with van der Waals surface area (Å²) in [5.41, 5.74) is -0.255. The molecule has 1 atom stereocenters. The summed E-state index contributed by atoms with van der Waals surface area (Å²) >= 11 is 1.64. The lowest BCUT2D eigenvalue weighted by molar-refractivity contribution is 0.0601. The lowest BCUT2D eigenvalue weighted by atomic mass is 9.96. The third-order valence-electron chi connectivity index (χ3n) is 3.61. The predicted octanol–water partition coefficient (Wildman–Crippen LogP) is 2.62. The third-order valence-corrected chi connectivity index (χ3v) is 4.50. The average molecular weight is 350 g/mol. The van der Waals surface area contributed by atoms with Crippen LogP contribution >= 0.6 is 11.3 Å². The molecule has 0 amide bonds. The van der Waals surface area contributed by atoms with E-state index in [0.717, 1.165) is 28.6 Å². The van der Waals surface area contributed by atoms with Gasteiger partial charge in [0, 0.05) is 23.2 Å². The summed E-state index contributed by atoms with van der Waals surface area (Å²) in [6.45, 7) is 11.1. The van der Waals surface area contributed by atoms with Gasteiger partial charge in [-0.3, -0.25) is 0 Å². The van der Waals surface area contributed by atoms with Gasteiger partial charge in [0.15, 0.2) is 5.96 Å². The number of thiazole rings is 1. The number of aliphatic hydroxyl groups is 1. The van der Waals surface area contributed by atoms with Gasteiger partial charge in [0.2, 0.25) is 0 Å². The van der Waals surface area contributed by atoms with Gasteiger partial charge in [-0.25, -0.2) is 9.98 Å². The molecule has 2 aromatic rings. The minimum absolute atomic E-state index is 0.329. The Kier molecular flexibility index (Phi) is 6.01. The van der Waals surface area contributed by atoms with E-state index < -0.39 is 5.60 Å². The van der Waals surface area contributed by atoms with Gasteiger partial charge in [0.05, 0.1) is 13.1 Å². The van der Waals surface area contributed by atoms with Crippen molar-refractivity contribution in [2.24, 2.45) is 4.99 Å². The van der Waals surface area contributed by atoms with E-state index in [4.69, 9.17) is 4.42 Å². The summed E-state index contributed by atoms with van der Waals surface area (Å²) in [5.74, 6) is 2.19. The van der Waals surface area contributed by atoms with Crippen molar-refractivity contribution in [1.82, 2.24) is 15.6 Å². The second kappa shape index (κ2) is 7.81. The van der Waals surface area contributed by atoms with Crippen molar-refractivity contribution in [2.75, 3.05) is 13.1 Å². The highest BCUT2D eigenvalue weighted by atomic mass is 32.1. The number of aliphatic imine (C=N–C) groups is 1. The number of hydrogen-bond acceptors (Lipinski definition) is 5. The maximum atomic E-state index is 10.8. The van der Waals surface area contributed by atoms with Gasteiger partial charge in [0.1, 0.15) is 22.1 Å². The van der Waals surface area contributed by atoms with E-state index in [1.165, 1.54) is 4.88 Å². The van der Waals surface area contributed by atoms with Crippen LogP contribution in [0.4, 0.5) is 0 Å². The van der Waals surface area contributed by atoms with Crippen LogP contribution in [0.1, 0.15) is 40.8 Å². The molecular weight excluding hydrogens is 324 g/mol. The zero-order valence-corrected chi connectivity index (χ0v) is 15.8. The molecule has 0 aliphatic carbocycles. The molecule has 2 heterocycles. The molecule has 6 nitrogen and oxygen atoms in total. The first kappa shape index (κ1) is 18.5. The van der Waals surface area contributed by atoms with Gasteiger partial charge >= 0.3 is 0 Å². The number of nitrogens with one attached hydrogen (secondary N) is 2. The predicted molar refractivity (Wildman–Crippen MR) is 97.4 cm³/mol. The molecule has 0 bridgehead atoms. The molecule has 0 aromatic carbocycles. The quantitative estimate of drug-likeness (QED) is 0.551. The van der Waals surface area contributed by atoms with Crippen LogP contribution < -0.4 is 10.6 Å². The minimum atomic E-state index is -1.05. The maximum Gasteiger partial charge on any atom is 0.191 e. The Labute approximate surface area is 147 Å². The van der Waals surface area contributed by atoms with Crippen LogP contribution in [0, 0.1) is 20.8 Å². The third kappa shape index (κ3) is 4.82. The molecule has 0 saturated carbocycles. The van der Waals surface area contributed by atoms with E-state index in [-0.39, 0.29) is 0 Å². The first-order valence-corrected chi connectivity index (χ1v) is 8.87. The first-order valence-electron chi connectivity index (χ1n) is 8.05. The lowest BCUT2D eigenvalue weighted by Crippen LogP contribution is -2.44. The molecule has 0 aliphatic heterocycles. The van der Waals surface area contributed by atoms with Crippen LogP contribution in [0.2, 0.25) is 0 Å². The number of nitrogens with zero attached hydrogens (tertiary/aromatic N) is 2. The van der Waals surface area contributed by atoms with Crippen LogP contribution in [0.15, 0.2) is 21.7 Å². The van der Waals surface area contributed by atoms with Crippen LogP contribution in [-0.2, 0) is 12.1 Å². The highest BCUT2D eigenvalue weighted by molar-refractivity contribution is 7.11. The molecule has 24 heavy (non-hydrogen) atoms. The van der Waals surface area contributed by atoms with E-state index in [0.29, 0.717) is 19.0 Å². The van der Waals surface area contributed by atoms with Crippen LogP contribution in [-0.4, -0.2) is 29.1 Å². The summed E-state index contributed by atoms with van der Waals surface area (Å²) in [4.78, 5) is 10.0. The fraction of sp³-hybridized carbons (Fsp3) is 0.529. The van der Waals surface area contributed by atoms with Gasteiger partial charge in [-0.05, 0) is 40.7 Å². The summed E-state index contributed by atoms with van der Waals surface area (Å²) in [6.07, 6.45) is 1.85. The van der Waals surface area contributed by atoms with E-state index >= 15 is 0 Å². The molecule has 0 saturated heterocycles. The zero-order chi connectivity index (χ0) is 17.7. The van der Waals surface area contributed by atoms with Gasteiger partial charge in [-0.1, -0.05) is 0 Å². The monoisotopic (exact) mass is 350 g/mol. The molecule has 0 aliphatic rings. The van der Waals surface area contributed by atoms with Crippen molar-refractivity contribution in [1.29, 1.82) is 0 Å². The molecule has 2 rings (SSSR count). The highest BCUT2D eigenvalue weighted by Crippen LogP contribution is 2.26. The summed E-state index contributed by atoms with van der Waals surface area (Å²) in [6, 6.07) is 1.87. The Hall–Kier alpha value is -1.86. The van der Waals surface area contributed by atoms with Crippen molar-refractivity contribution >= 4 is 17.3 Å². The fourth-order valence-corrected chi connectivity index (χ4v) is 3.19. The number of guanidine groups is 1. The van der Waals surface area contributed by atoms with E-state index in [1.807, 2.05) is 40.0 Å². The number of aryl methyl sites for hydroxylation is 3. The molecule has 7 heteroatoms. The molecule has 0 spiro atoms. The van der Waals surface area contributed by atoms with Crippen molar-refractivity contribution in [3.63, 3.8) is 0 Å². The van der Waals surface area contributed by atoms with E-state index in [1.54, 1.807) is 18.3 Å². The second-order valence-electron chi connectivity index (χ2n) is 6.01. The summed E-state index contributed by atoms with van der Waals surface area (Å²) in [7, 11) is 0. The Morgan fingerprint density at radius 1 is 1.38 bits per heavy atom. The number of furan rings is 1. The summed E-state index contributed by atoms with van der Waals surface area (Å²) in [5, 5.41) is 18.1. The van der Waals surface area contributed by atoms with Crippen molar-refractivity contribution in [3.05, 3.63) is 39.2 Å². The number of aromatic nitrogens is 1. The molecule has 3 N–H and O–H groups in total. The topological polar surface area (TPSA) is 82.7 Å². The van der Waals surface area contributed by atoms with Gasteiger partial charge in [-0.15, -0.1) is 11.3 Å². The van der Waals surface area contributed by atoms with Crippen molar-refractivity contribution in [2.45, 2.75) is 46.8 Å². The second-order valence-corrected chi connectivity index (χ2v) is 7.33. The van der Waals surface area contributed by atoms with Crippen molar-refractivity contribution < 1.29 is 9.52 Å². The minimum Gasteiger partial charge on any atom is -0.466 e. The number of hydrogen-bond donors (Lipinski definition) is 3. The number of rotatable bonds is 6. The van der Waals surface area contributed by atoms with E-state index in [9.17, 15) is 5.11 Å². The SMILES string of the molecule is CCNC(=NCc1ncc(C)s1)NCC(C)(O)c1cc(C)oc1C. The van der Waals surface area contributed by atoms with Crippen LogP contribution in [0.25, 0.3) is 0 Å². The van der Waals surface area contributed by atoms with Crippen LogP contribution in [0.5, 0.6) is 0 Å². The first-order chi connectivity index (χ1) is 11.3. The van der Waals surface area contributed by atoms with Crippen LogP contribution in [0.3, 0.4) is 0 Å². The lowest BCUT2D eigenvalue weighted by Gasteiger charge is -2.24. The average Bonchev–Trinajstić information content (AvgIpc) is 3.07. The Bertz CT molecular complexity index is 703. The molecule has 2 aromatic heterocycles. The Morgan fingerprint density at radius 2 is 2.12 bits per heavy atom. The molecule has 132 valence electrons. The van der Waals surface area contributed by atoms with Crippen molar-refractivity contribution in [3.8, 4) is 0 Å². The maximum absolute atomic E-state index is 10.8. The highest BCUT2D eigenvalue weighted by Gasteiger charge is 2.27. The molecule has 1 unspecified atom stereocenters. The zero-order valence-electron chi connectivity index (χ0n) is 14.9. The Morgan fingerprint density at radius 3 is 2.67 bits per heavy atom. The van der Waals surface area contributed by atoms with E-state index in [2.05, 4.69) is 20.6 Å². The Balaban J connectivity index is 2.03. The molecule has 0 radical (unpaired) electrons. The molecule has 0 fully saturated rings. The standard InChI is InChI=1S/C17H26N4O2S/c1-6-18-16(20-9-15-19-8-12(3)24-15)21-10-17(5,22)14-7-11(2)23-13(14)4/h7-8,22H,6,9-10H2,1-5H3,(H2,18,20,21). The van der Waals surface area contributed by atoms with Gasteiger partial charge < -0.3 is 20.2 Å². The van der Waals surface area contributed by atoms with Gasteiger partial charge in [-0.2, -0.15) is 0 Å². The summed E-state index contributed by atoms with van der Waals surface area (Å²) < 4.78 is 5.52. The van der Waals surface area contributed by atoms with Gasteiger partial charge in [0.25, 0.3) is 0 Å². The smallest absolute Gasteiger partial charge is 0.191 e.